The standard InChI is InChI=1S/C22H20N2O4S/c1-24(28-2)29(26,27)19-8-5-7-16(14-19)22(25)23-18-10-11-21-17(13-18)12-15-6-3-4-9-20(15)21/h3-11,13-14H,12H2,1-2H3,(H,23,25). The van der Waals surface area contributed by atoms with Gasteiger partial charge in [0.1, 0.15) is 0 Å². The number of fused-ring (bicyclic) bond motifs is 3. The van der Waals surface area contributed by atoms with Crippen molar-refractivity contribution in [2.75, 3.05) is 19.5 Å². The van der Waals surface area contributed by atoms with Gasteiger partial charge in [-0.1, -0.05) is 40.9 Å². The van der Waals surface area contributed by atoms with E-state index in [0.29, 0.717) is 5.69 Å². The van der Waals surface area contributed by atoms with Gasteiger partial charge < -0.3 is 5.32 Å². The number of hydroxylamine groups is 1. The van der Waals surface area contributed by atoms with E-state index in [4.69, 9.17) is 4.84 Å². The second kappa shape index (κ2) is 7.44. The van der Waals surface area contributed by atoms with Crippen LogP contribution in [0.25, 0.3) is 11.1 Å². The van der Waals surface area contributed by atoms with E-state index in [1.807, 2.05) is 30.3 Å². The highest BCUT2D eigenvalue weighted by atomic mass is 32.2. The second-order valence-electron chi connectivity index (χ2n) is 6.79. The van der Waals surface area contributed by atoms with E-state index in [-0.39, 0.29) is 16.4 Å². The number of rotatable bonds is 5. The predicted octanol–water partition coefficient (Wildman–Crippen LogP) is 3.69. The van der Waals surface area contributed by atoms with Gasteiger partial charge in [0.2, 0.25) is 0 Å². The van der Waals surface area contributed by atoms with Gasteiger partial charge in [-0.2, -0.15) is 0 Å². The molecule has 4 rings (SSSR count). The Labute approximate surface area is 169 Å². The van der Waals surface area contributed by atoms with Gasteiger partial charge in [-0.3, -0.25) is 9.63 Å². The highest BCUT2D eigenvalue weighted by Gasteiger charge is 2.22. The van der Waals surface area contributed by atoms with Crippen LogP contribution in [0.4, 0.5) is 5.69 Å². The highest BCUT2D eigenvalue weighted by Crippen LogP contribution is 2.37. The zero-order valence-electron chi connectivity index (χ0n) is 16.0. The summed E-state index contributed by atoms with van der Waals surface area (Å²) in [5.74, 6) is -0.377. The molecule has 0 saturated carbocycles. The van der Waals surface area contributed by atoms with Crippen LogP contribution in [0, 0.1) is 0 Å². The number of anilines is 1. The van der Waals surface area contributed by atoms with E-state index >= 15 is 0 Å². The predicted molar refractivity (Wildman–Crippen MR) is 111 cm³/mol. The molecule has 0 unspecified atom stereocenters. The summed E-state index contributed by atoms with van der Waals surface area (Å²) in [6, 6.07) is 19.9. The van der Waals surface area contributed by atoms with Gasteiger partial charge in [-0.15, -0.1) is 0 Å². The van der Waals surface area contributed by atoms with Crippen LogP contribution in [-0.2, 0) is 21.3 Å². The number of carbonyl (C=O) groups excluding carboxylic acids is 1. The lowest BCUT2D eigenvalue weighted by molar-refractivity contribution is -0.0258. The summed E-state index contributed by atoms with van der Waals surface area (Å²) < 4.78 is 25.6. The Morgan fingerprint density at radius 1 is 0.966 bits per heavy atom. The van der Waals surface area contributed by atoms with E-state index in [0.717, 1.165) is 16.5 Å². The van der Waals surface area contributed by atoms with Crippen LogP contribution < -0.4 is 5.32 Å². The average Bonchev–Trinajstić information content (AvgIpc) is 3.10. The van der Waals surface area contributed by atoms with Crippen molar-refractivity contribution in [2.45, 2.75) is 11.3 Å². The lowest BCUT2D eigenvalue weighted by Gasteiger charge is -2.14. The molecule has 0 aliphatic heterocycles. The number of hydrogen-bond donors (Lipinski definition) is 1. The van der Waals surface area contributed by atoms with E-state index in [1.165, 1.54) is 49.0 Å². The van der Waals surface area contributed by atoms with E-state index in [9.17, 15) is 13.2 Å². The van der Waals surface area contributed by atoms with Crippen LogP contribution in [0.15, 0.2) is 71.6 Å². The summed E-state index contributed by atoms with van der Waals surface area (Å²) >= 11 is 0. The van der Waals surface area contributed by atoms with E-state index < -0.39 is 10.0 Å². The lowest BCUT2D eigenvalue weighted by atomic mass is 10.1. The normalized spacial score (nSPS) is 12.5. The van der Waals surface area contributed by atoms with Crippen molar-refractivity contribution >= 4 is 21.6 Å². The van der Waals surface area contributed by atoms with Crippen LogP contribution in [0.1, 0.15) is 21.5 Å². The summed E-state index contributed by atoms with van der Waals surface area (Å²) in [6.07, 6.45) is 0.826. The molecule has 0 spiro atoms. The Hall–Kier alpha value is -3.00. The molecule has 1 N–H and O–H groups in total. The Bertz CT molecular complexity index is 1200. The first kappa shape index (κ1) is 19.3. The summed E-state index contributed by atoms with van der Waals surface area (Å²) in [4.78, 5) is 17.5. The minimum atomic E-state index is -3.83. The Balaban J connectivity index is 1.57. The largest absolute Gasteiger partial charge is 0.322 e. The molecule has 3 aromatic rings. The number of nitrogens with zero attached hydrogens (tertiary/aromatic N) is 1. The molecule has 1 amide bonds. The van der Waals surface area contributed by atoms with Crippen LogP contribution in [0.2, 0.25) is 0 Å². The zero-order chi connectivity index (χ0) is 20.6. The molecular formula is C22H20N2O4S. The minimum absolute atomic E-state index is 0.0149. The van der Waals surface area contributed by atoms with Crippen molar-refractivity contribution < 1.29 is 18.0 Å². The maximum Gasteiger partial charge on any atom is 0.264 e. The third kappa shape index (κ3) is 3.55. The molecule has 0 bridgehead atoms. The van der Waals surface area contributed by atoms with Crippen molar-refractivity contribution in [3.63, 3.8) is 0 Å². The molecular weight excluding hydrogens is 388 g/mol. The van der Waals surface area contributed by atoms with Crippen LogP contribution in [0.3, 0.4) is 0 Å². The molecule has 1 aliphatic carbocycles. The van der Waals surface area contributed by atoms with E-state index in [1.54, 1.807) is 6.07 Å². The van der Waals surface area contributed by atoms with Crippen LogP contribution in [0.5, 0.6) is 0 Å². The van der Waals surface area contributed by atoms with Gasteiger partial charge in [0.15, 0.2) is 0 Å². The number of hydrogen-bond acceptors (Lipinski definition) is 4. The molecule has 6 nitrogen and oxygen atoms in total. The Morgan fingerprint density at radius 2 is 1.72 bits per heavy atom. The fraction of sp³-hybridized carbons (Fsp3) is 0.136. The number of benzene rings is 3. The molecule has 1 aliphatic rings. The highest BCUT2D eigenvalue weighted by molar-refractivity contribution is 7.89. The van der Waals surface area contributed by atoms with Crippen molar-refractivity contribution in [3.8, 4) is 11.1 Å². The number of nitrogens with one attached hydrogen (secondary N) is 1. The lowest BCUT2D eigenvalue weighted by Crippen LogP contribution is -2.26. The zero-order valence-corrected chi connectivity index (χ0v) is 16.9. The fourth-order valence-electron chi connectivity index (χ4n) is 3.47. The van der Waals surface area contributed by atoms with E-state index in [2.05, 4.69) is 17.4 Å². The first-order valence-corrected chi connectivity index (χ1v) is 10.5. The molecule has 0 atom stereocenters. The molecule has 0 heterocycles. The van der Waals surface area contributed by atoms with Crippen molar-refractivity contribution in [1.29, 1.82) is 0 Å². The monoisotopic (exact) mass is 408 g/mol. The molecule has 7 heteroatoms. The molecule has 0 fully saturated rings. The average molecular weight is 408 g/mol. The summed E-state index contributed by atoms with van der Waals surface area (Å²) in [5, 5.41) is 2.86. The summed E-state index contributed by atoms with van der Waals surface area (Å²) in [6.45, 7) is 0. The number of sulfonamides is 1. The quantitative estimate of drug-likeness (QED) is 0.511. The first-order valence-electron chi connectivity index (χ1n) is 9.06. The van der Waals surface area contributed by atoms with Gasteiger partial charge in [0.25, 0.3) is 15.9 Å². The summed E-state index contributed by atoms with van der Waals surface area (Å²) in [5.41, 5.74) is 5.74. The molecule has 0 aromatic heterocycles. The smallest absolute Gasteiger partial charge is 0.264 e. The Kier molecular flexibility index (Phi) is 4.96. The molecule has 3 aromatic carbocycles. The topological polar surface area (TPSA) is 75.7 Å². The van der Waals surface area contributed by atoms with Crippen LogP contribution >= 0.6 is 0 Å². The Morgan fingerprint density at radius 3 is 2.52 bits per heavy atom. The third-order valence-corrected chi connectivity index (χ3v) is 6.72. The van der Waals surface area contributed by atoms with Gasteiger partial charge in [-0.25, -0.2) is 8.42 Å². The second-order valence-corrected chi connectivity index (χ2v) is 8.72. The number of carbonyl (C=O) groups is 1. The van der Waals surface area contributed by atoms with Gasteiger partial charge in [0, 0.05) is 18.3 Å². The van der Waals surface area contributed by atoms with Gasteiger partial charge in [0.05, 0.1) is 12.0 Å². The maximum absolute atomic E-state index is 12.7. The van der Waals surface area contributed by atoms with Crippen molar-refractivity contribution in [1.82, 2.24) is 4.47 Å². The summed E-state index contributed by atoms with van der Waals surface area (Å²) in [7, 11) is -1.27. The number of amides is 1. The molecule has 0 saturated heterocycles. The minimum Gasteiger partial charge on any atom is -0.322 e. The molecule has 0 radical (unpaired) electrons. The van der Waals surface area contributed by atoms with Crippen LogP contribution in [-0.4, -0.2) is 33.0 Å². The van der Waals surface area contributed by atoms with Gasteiger partial charge >= 0.3 is 0 Å². The fourth-order valence-corrected chi connectivity index (χ4v) is 4.49. The van der Waals surface area contributed by atoms with Gasteiger partial charge in [-0.05, 0) is 59.0 Å². The van der Waals surface area contributed by atoms with Crippen molar-refractivity contribution in [3.05, 3.63) is 83.4 Å². The maximum atomic E-state index is 12.7. The molecule has 148 valence electrons. The van der Waals surface area contributed by atoms with Crippen molar-refractivity contribution in [2.24, 2.45) is 0 Å². The third-order valence-electron chi connectivity index (χ3n) is 5.04. The SMILES string of the molecule is CON(C)S(=O)(=O)c1cccc(C(=O)Nc2ccc3c(c2)Cc2ccccc2-3)c1. The molecule has 29 heavy (non-hydrogen) atoms. The first-order chi connectivity index (χ1) is 13.9.